The normalized spacial score (nSPS) is 16.9. The minimum Gasteiger partial charge on any atom is -0.350 e. The van der Waals surface area contributed by atoms with Crippen LogP contribution in [0, 0.1) is 0 Å². The summed E-state index contributed by atoms with van der Waals surface area (Å²) in [5, 5.41) is 6.91. The van der Waals surface area contributed by atoms with Crippen LogP contribution in [0.5, 0.6) is 0 Å². The summed E-state index contributed by atoms with van der Waals surface area (Å²) in [6, 6.07) is 11.2. The molecular formula is C17H19N3O2. The molecule has 1 amide bonds. The van der Waals surface area contributed by atoms with Gasteiger partial charge in [0.2, 0.25) is 0 Å². The van der Waals surface area contributed by atoms with Crippen LogP contribution in [-0.4, -0.2) is 22.2 Å². The molecule has 0 bridgehead atoms. The van der Waals surface area contributed by atoms with Gasteiger partial charge in [0.1, 0.15) is 5.69 Å². The molecule has 114 valence electrons. The summed E-state index contributed by atoms with van der Waals surface area (Å²) in [7, 11) is 1.54. The molecule has 0 saturated carbocycles. The van der Waals surface area contributed by atoms with Crippen LogP contribution in [0.2, 0.25) is 0 Å². The number of nitrogens with zero attached hydrogens (tertiary/aromatic N) is 2. The first-order chi connectivity index (χ1) is 10.6. The van der Waals surface area contributed by atoms with Gasteiger partial charge in [0.15, 0.2) is 0 Å². The average molecular weight is 297 g/mol. The Balaban J connectivity index is 1.69. The number of benzene rings is 1. The van der Waals surface area contributed by atoms with E-state index in [-0.39, 0.29) is 17.2 Å². The SMILES string of the molecule is Cn1nc(C(=O)NCC2CCCc3ccccc32)ccc1=O. The molecule has 5 nitrogen and oxygen atoms in total. The van der Waals surface area contributed by atoms with Gasteiger partial charge < -0.3 is 5.32 Å². The molecule has 2 aromatic rings. The van der Waals surface area contributed by atoms with Gasteiger partial charge in [0.05, 0.1) is 0 Å². The van der Waals surface area contributed by atoms with Gasteiger partial charge in [-0.25, -0.2) is 4.68 Å². The Morgan fingerprint density at radius 2 is 2.14 bits per heavy atom. The van der Waals surface area contributed by atoms with Crippen molar-refractivity contribution in [3.8, 4) is 0 Å². The van der Waals surface area contributed by atoms with E-state index in [9.17, 15) is 9.59 Å². The summed E-state index contributed by atoms with van der Waals surface area (Å²) in [4.78, 5) is 23.5. The van der Waals surface area contributed by atoms with Crippen LogP contribution in [0.25, 0.3) is 0 Å². The second kappa shape index (κ2) is 6.13. The highest BCUT2D eigenvalue weighted by atomic mass is 16.2. The van der Waals surface area contributed by atoms with Crippen molar-refractivity contribution >= 4 is 5.91 Å². The van der Waals surface area contributed by atoms with E-state index in [1.807, 2.05) is 6.07 Å². The van der Waals surface area contributed by atoms with Gasteiger partial charge >= 0.3 is 0 Å². The second-order valence-electron chi connectivity index (χ2n) is 5.68. The Kier molecular flexibility index (Phi) is 4.04. The number of aromatic nitrogens is 2. The Morgan fingerprint density at radius 1 is 1.32 bits per heavy atom. The molecule has 1 atom stereocenters. The van der Waals surface area contributed by atoms with Gasteiger partial charge in [-0.15, -0.1) is 0 Å². The van der Waals surface area contributed by atoms with E-state index >= 15 is 0 Å². The number of carbonyl (C=O) groups is 1. The summed E-state index contributed by atoms with van der Waals surface area (Å²) in [5.74, 6) is 0.111. The molecule has 3 rings (SSSR count). The monoisotopic (exact) mass is 297 g/mol. The summed E-state index contributed by atoms with van der Waals surface area (Å²) < 4.78 is 1.17. The fourth-order valence-electron chi connectivity index (χ4n) is 3.00. The number of fused-ring (bicyclic) bond motifs is 1. The molecule has 22 heavy (non-hydrogen) atoms. The van der Waals surface area contributed by atoms with Crippen LogP contribution in [0.15, 0.2) is 41.2 Å². The third-order valence-corrected chi connectivity index (χ3v) is 4.20. The molecule has 0 radical (unpaired) electrons. The van der Waals surface area contributed by atoms with Crippen molar-refractivity contribution in [1.29, 1.82) is 0 Å². The summed E-state index contributed by atoms with van der Waals surface area (Å²) in [6.07, 6.45) is 3.34. The van der Waals surface area contributed by atoms with Crippen molar-refractivity contribution in [1.82, 2.24) is 15.1 Å². The predicted molar refractivity (Wildman–Crippen MR) is 83.9 cm³/mol. The lowest BCUT2D eigenvalue weighted by Gasteiger charge is -2.25. The molecule has 1 aromatic carbocycles. The Bertz CT molecular complexity index is 752. The first-order valence-corrected chi connectivity index (χ1v) is 7.55. The minimum absolute atomic E-state index is 0.224. The fourth-order valence-corrected chi connectivity index (χ4v) is 3.00. The van der Waals surface area contributed by atoms with E-state index in [0.717, 1.165) is 19.3 Å². The summed E-state index contributed by atoms with van der Waals surface area (Å²) in [5.41, 5.74) is 2.76. The molecule has 0 fully saturated rings. The highest BCUT2D eigenvalue weighted by Gasteiger charge is 2.20. The number of rotatable bonds is 3. The Morgan fingerprint density at radius 3 is 2.95 bits per heavy atom. The Labute approximate surface area is 129 Å². The molecule has 1 aliphatic rings. The Hall–Kier alpha value is -2.43. The maximum atomic E-state index is 12.2. The van der Waals surface area contributed by atoms with E-state index in [1.165, 1.54) is 35.0 Å². The van der Waals surface area contributed by atoms with Crippen molar-refractivity contribution in [2.75, 3.05) is 6.54 Å². The highest BCUT2D eigenvalue weighted by Crippen LogP contribution is 2.30. The van der Waals surface area contributed by atoms with E-state index in [0.29, 0.717) is 12.5 Å². The van der Waals surface area contributed by atoms with Crippen molar-refractivity contribution in [2.24, 2.45) is 7.05 Å². The van der Waals surface area contributed by atoms with Crippen LogP contribution in [0.4, 0.5) is 0 Å². The van der Waals surface area contributed by atoms with Crippen LogP contribution in [0.3, 0.4) is 0 Å². The van der Waals surface area contributed by atoms with E-state index in [1.54, 1.807) is 0 Å². The van der Waals surface area contributed by atoms with Gasteiger partial charge in [-0.05, 0) is 36.5 Å². The molecule has 1 aromatic heterocycles. The molecular weight excluding hydrogens is 278 g/mol. The topological polar surface area (TPSA) is 64.0 Å². The zero-order valence-corrected chi connectivity index (χ0v) is 12.6. The molecule has 1 aliphatic carbocycles. The van der Waals surface area contributed by atoms with Gasteiger partial charge in [0, 0.05) is 25.6 Å². The van der Waals surface area contributed by atoms with Gasteiger partial charge in [-0.2, -0.15) is 5.10 Å². The van der Waals surface area contributed by atoms with Crippen molar-refractivity contribution < 1.29 is 4.79 Å². The quantitative estimate of drug-likeness (QED) is 0.936. The lowest BCUT2D eigenvalue weighted by Crippen LogP contribution is -2.32. The predicted octanol–water partition coefficient (Wildman–Crippen LogP) is 1.63. The smallest absolute Gasteiger partial charge is 0.271 e. The summed E-state index contributed by atoms with van der Waals surface area (Å²) in [6.45, 7) is 0.598. The molecule has 1 unspecified atom stereocenters. The van der Waals surface area contributed by atoms with Crippen molar-refractivity contribution in [3.05, 3.63) is 63.6 Å². The number of nitrogens with one attached hydrogen (secondary N) is 1. The standard InChI is InChI=1S/C17H19N3O2/c1-20-16(21)10-9-15(19-20)17(22)18-11-13-7-4-6-12-5-2-3-8-14(12)13/h2-3,5,8-10,13H,4,6-7,11H2,1H3,(H,18,22). The van der Waals surface area contributed by atoms with Gasteiger partial charge in [0.25, 0.3) is 11.5 Å². The summed E-state index contributed by atoms with van der Waals surface area (Å²) >= 11 is 0. The molecule has 1 N–H and O–H groups in total. The minimum atomic E-state index is -0.237. The zero-order chi connectivity index (χ0) is 15.5. The van der Waals surface area contributed by atoms with Crippen LogP contribution >= 0.6 is 0 Å². The fraction of sp³-hybridized carbons (Fsp3) is 0.353. The largest absolute Gasteiger partial charge is 0.350 e. The molecule has 0 aliphatic heterocycles. The lowest BCUT2D eigenvalue weighted by molar-refractivity contribution is 0.0943. The molecule has 1 heterocycles. The second-order valence-corrected chi connectivity index (χ2v) is 5.68. The number of amides is 1. The van der Waals surface area contributed by atoms with E-state index in [4.69, 9.17) is 0 Å². The van der Waals surface area contributed by atoms with E-state index < -0.39 is 0 Å². The first-order valence-electron chi connectivity index (χ1n) is 7.55. The molecule has 0 saturated heterocycles. The number of carbonyl (C=O) groups excluding carboxylic acids is 1. The maximum Gasteiger partial charge on any atom is 0.271 e. The van der Waals surface area contributed by atoms with Crippen molar-refractivity contribution in [3.63, 3.8) is 0 Å². The van der Waals surface area contributed by atoms with Crippen LogP contribution < -0.4 is 10.9 Å². The highest BCUT2D eigenvalue weighted by molar-refractivity contribution is 5.92. The molecule has 5 heteroatoms. The van der Waals surface area contributed by atoms with Crippen LogP contribution in [0.1, 0.15) is 40.4 Å². The average Bonchev–Trinajstić information content (AvgIpc) is 2.55. The number of hydrogen-bond acceptors (Lipinski definition) is 3. The van der Waals surface area contributed by atoms with Gasteiger partial charge in [-0.1, -0.05) is 24.3 Å². The lowest BCUT2D eigenvalue weighted by atomic mass is 9.83. The maximum absolute atomic E-state index is 12.2. The zero-order valence-electron chi connectivity index (χ0n) is 12.6. The van der Waals surface area contributed by atoms with Crippen molar-refractivity contribution in [2.45, 2.75) is 25.2 Å². The number of aryl methyl sites for hydroxylation is 2. The first kappa shape index (κ1) is 14.5. The van der Waals surface area contributed by atoms with Gasteiger partial charge in [-0.3, -0.25) is 9.59 Å². The van der Waals surface area contributed by atoms with E-state index in [2.05, 4.69) is 28.6 Å². The third-order valence-electron chi connectivity index (χ3n) is 4.20. The van der Waals surface area contributed by atoms with Crippen LogP contribution in [-0.2, 0) is 13.5 Å². The molecule has 0 spiro atoms. The number of hydrogen-bond donors (Lipinski definition) is 1. The third kappa shape index (κ3) is 2.93.